The zero-order chi connectivity index (χ0) is 24.4. The lowest BCUT2D eigenvalue weighted by molar-refractivity contribution is -0.310. The monoisotopic (exact) mass is 481 g/mol. The van der Waals surface area contributed by atoms with Gasteiger partial charge in [0.05, 0.1) is 31.4 Å². The minimum atomic E-state index is -1.44. The molecule has 0 aromatic heterocycles. The van der Waals surface area contributed by atoms with E-state index in [-0.39, 0.29) is 31.9 Å². The van der Waals surface area contributed by atoms with Crippen molar-refractivity contribution in [2.75, 3.05) is 19.8 Å². The fourth-order valence-electron chi connectivity index (χ4n) is 4.58. The molecule has 0 aromatic carbocycles. The van der Waals surface area contributed by atoms with E-state index in [2.05, 4.69) is 0 Å². The lowest BCUT2D eigenvalue weighted by Crippen LogP contribution is -2.67. The van der Waals surface area contributed by atoms with Gasteiger partial charge in [-0.1, -0.05) is 0 Å². The van der Waals surface area contributed by atoms with Crippen LogP contribution in [0.25, 0.3) is 0 Å². The van der Waals surface area contributed by atoms with Crippen LogP contribution < -0.4 is 28.7 Å². The van der Waals surface area contributed by atoms with Crippen LogP contribution in [0.2, 0.25) is 0 Å². The summed E-state index contributed by atoms with van der Waals surface area (Å²) in [4.78, 5) is 0. The van der Waals surface area contributed by atoms with E-state index in [9.17, 15) is 25.5 Å². The van der Waals surface area contributed by atoms with Crippen molar-refractivity contribution >= 4 is 0 Å². The van der Waals surface area contributed by atoms with Crippen LogP contribution in [-0.2, 0) is 18.9 Å². The molecule has 1 saturated carbocycles. The van der Waals surface area contributed by atoms with Gasteiger partial charge in [0.2, 0.25) is 0 Å². The number of rotatable bonds is 6. The van der Waals surface area contributed by atoms with Crippen LogP contribution in [0, 0.1) is 5.92 Å². The highest BCUT2D eigenvalue weighted by Gasteiger charge is 2.49. The maximum atomic E-state index is 11.0. The average molecular weight is 482 g/mol. The molecule has 3 rings (SSSR count). The lowest BCUT2D eigenvalue weighted by atomic mass is 9.84. The van der Waals surface area contributed by atoms with E-state index in [0.29, 0.717) is 0 Å². The normalized spacial score (nSPS) is 51.8. The quantitative estimate of drug-likeness (QED) is 0.169. The largest absolute Gasteiger partial charge is 0.394 e. The molecule has 14 atom stereocenters. The number of aliphatic hydroxyl groups excluding tert-OH is 5. The van der Waals surface area contributed by atoms with Gasteiger partial charge in [0.25, 0.3) is 0 Å². The zero-order valence-electron chi connectivity index (χ0n) is 18.4. The molecule has 0 bridgehead atoms. The Morgan fingerprint density at radius 1 is 0.788 bits per heavy atom. The van der Waals surface area contributed by atoms with Crippen molar-refractivity contribution in [3.05, 3.63) is 0 Å². The van der Waals surface area contributed by atoms with Crippen LogP contribution in [0.3, 0.4) is 0 Å². The molecule has 15 N–H and O–H groups in total. The third-order valence-corrected chi connectivity index (χ3v) is 6.77. The standard InChI is InChI=1S/C19H39N5O9/c20-3-6-5-30-18(9(23)2-10(6)26)32-16-7(21)1-8(22)17(15(16)29)33-19-14(28)12(24)13(27)11(4-25)31-19/h6-19,25-29H,1-5,20-24H2/t6?,7-,8?,9?,10-,11?,12?,13+,14?,15?,16?,17-,18+,19+/m0/s1. The predicted octanol–water partition coefficient (Wildman–Crippen LogP) is -6.05. The summed E-state index contributed by atoms with van der Waals surface area (Å²) in [5.41, 5.74) is 30.0. The highest BCUT2D eigenvalue weighted by molar-refractivity contribution is 5.01. The van der Waals surface area contributed by atoms with E-state index >= 15 is 0 Å². The fourth-order valence-corrected chi connectivity index (χ4v) is 4.58. The van der Waals surface area contributed by atoms with Gasteiger partial charge in [0, 0.05) is 18.0 Å². The summed E-state index contributed by atoms with van der Waals surface area (Å²) in [6, 6.07) is -3.27. The Hall–Kier alpha value is -0.560. The summed E-state index contributed by atoms with van der Waals surface area (Å²) >= 11 is 0. The molecule has 2 aliphatic heterocycles. The summed E-state index contributed by atoms with van der Waals surface area (Å²) in [5.74, 6) is -0.303. The molecular formula is C19H39N5O9. The summed E-state index contributed by atoms with van der Waals surface area (Å²) in [6.45, 7) is -0.214. The number of ether oxygens (including phenoxy) is 4. The first kappa shape index (κ1) is 27.0. The van der Waals surface area contributed by atoms with Gasteiger partial charge in [-0.25, -0.2) is 0 Å². The van der Waals surface area contributed by atoms with Crippen LogP contribution in [0.4, 0.5) is 0 Å². The molecule has 0 radical (unpaired) electrons. The van der Waals surface area contributed by atoms with Crippen LogP contribution in [0.1, 0.15) is 12.8 Å². The Balaban J connectivity index is 1.70. The molecule has 0 amide bonds. The minimum Gasteiger partial charge on any atom is -0.394 e. The second-order valence-electron chi connectivity index (χ2n) is 9.20. The number of hydrogen-bond donors (Lipinski definition) is 10. The molecule has 194 valence electrons. The molecule has 3 aliphatic rings. The van der Waals surface area contributed by atoms with Gasteiger partial charge < -0.3 is 73.1 Å². The molecule has 33 heavy (non-hydrogen) atoms. The van der Waals surface area contributed by atoms with Crippen LogP contribution in [-0.4, -0.2) is 125 Å². The number of aliphatic hydroxyl groups is 5. The topological polar surface area (TPSA) is 268 Å². The molecule has 2 saturated heterocycles. The van der Waals surface area contributed by atoms with Crippen molar-refractivity contribution in [2.24, 2.45) is 34.6 Å². The third kappa shape index (κ3) is 5.82. The molecule has 14 heteroatoms. The zero-order valence-corrected chi connectivity index (χ0v) is 18.4. The summed E-state index contributed by atoms with van der Waals surface area (Å²) in [7, 11) is 0. The third-order valence-electron chi connectivity index (χ3n) is 6.77. The van der Waals surface area contributed by atoms with Gasteiger partial charge in [-0.05, 0) is 19.4 Å². The van der Waals surface area contributed by atoms with Gasteiger partial charge in [-0.3, -0.25) is 0 Å². The van der Waals surface area contributed by atoms with Gasteiger partial charge >= 0.3 is 0 Å². The van der Waals surface area contributed by atoms with Crippen LogP contribution in [0.15, 0.2) is 0 Å². The predicted molar refractivity (Wildman–Crippen MR) is 113 cm³/mol. The second kappa shape index (κ2) is 11.5. The van der Waals surface area contributed by atoms with Gasteiger partial charge in [-0.2, -0.15) is 0 Å². The number of hydrogen-bond acceptors (Lipinski definition) is 14. The molecule has 1 aliphatic carbocycles. The van der Waals surface area contributed by atoms with Crippen molar-refractivity contribution in [1.82, 2.24) is 0 Å². The summed E-state index contributed by atoms with van der Waals surface area (Å²) in [6.07, 6.45) is -9.95. The first-order valence-corrected chi connectivity index (χ1v) is 11.2. The fraction of sp³-hybridized carbons (Fsp3) is 1.00. The lowest BCUT2D eigenvalue weighted by Gasteiger charge is -2.47. The van der Waals surface area contributed by atoms with E-state index in [4.69, 9.17) is 47.6 Å². The first-order chi connectivity index (χ1) is 15.6. The van der Waals surface area contributed by atoms with Crippen molar-refractivity contribution in [1.29, 1.82) is 0 Å². The number of nitrogens with two attached hydrogens (primary N) is 5. The Bertz CT molecular complexity index is 622. The highest BCUT2D eigenvalue weighted by Crippen LogP contribution is 2.30. The minimum absolute atomic E-state index is 0.123. The molecule has 0 aromatic rings. The van der Waals surface area contributed by atoms with Crippen molar-refractivity contribution in [3.63, 3.8) is 0 Å². The van der Waals surface area contributed by atoms with Crippen molar-refractivity contribution in [3.8, 4) is 0 Å². The van der Waals surface area contributed by atoms with Crippen molar-refractivity contribution < 1.29 is 44.5 Å². The Morgan fingerprint density at radius 3 is 1.97 bits per heavy atom. The van der Waals surface area contributed by atoms with E-state index in [0.717, 1.165) is 0 Å². The summed E-state index contributed by atoms with van der Waals surface area (Å²) < 4.78 is 22.9. The smallest absolute Gasteiger partial charge is 0.186 e. The molecule has 8 unspecified atom stereocenters. The molecule has 3 fully saturated rings. The molecular weight excluding hydrogens is 442 g/mol. The van der Waals surface area contributed by atoms with Gasteiger partial charge in [0.1, 0.15) is 36.6 Å². The average Bonchev–Trinajstić information content (AvgIpc) is 2.90. The highest BCUT2D eigenvalue weighted by atomic mass is 16.7. The molecule has 2 heterocycles. The molecule has 14 nitrogen and oxygen atoms in total. The Morgan fingerprint density at radius 2 is 1.39 bits per heavy atom. The maximum Gasteiger partial charge on any atom is 0.186 e. The van der Waals surface area contributed by atoms with Crippen molar-refractivity contribution in [2.45, 2.75) is 92.3 Å². The van der Waals surface area contributed by atoms with E-state index < -0.39 is 86.1 Å². The van der Waals surface area contributed by atoms with Gasteiger partial charge in [0.15, 0.2) is 12.6 Å². The van der Waals surface area contributed by atoms with E-state index in [1.54, 1.807) is 0 Å². The van der Waals surface area contributed by atoms with Crippen LogP contribution >= 0.6 is 0 Å². The van der Waals surface area contributed by atoms with E-state index in [1.165, 1.54) is 0 Å². The second-order valence-corrected chi connectivity index (χ2v) is 9.20. The van der Waals surface area contributed by atoms with Crippen LogP contribution in [0.5, 0.6) is 0 Å². The SMILES string of the molecule is NCC1CO[C@H](OC2C(O)[C@@H](O[C@H]3OC(CO)[C@@H](O)C(N)C3O)C(N)C[C@@H]2N)C(N)C[C@@H]1O. The molecule has 0 spiro atoms. The Labute approximate surface area is 191 Å². The van der Waals surface area contributed by atoms with E-state index in [1.807, 2.05) is 0 Å². The van der Waals surface area contributed by atoms with Gasteiger partial charge in [-0.15, -0.1) is 0 Å². The Kier molecular flexibility index (Phi) is 9.38. The maximum absolute atomic E-state index is 11.0. The first-order valence-electron chi connectivity index (χ1n) is 11.2. The summed E-state index contributed by atoms with van der Waals surface area (Å²) in [5, 5.41) is 51.0.